The molecule has 0 fully saturated rings. The minimum Gasteiger partial charge on any atom is -0.270 e. The fourth-order valence-corrected chi connectivity index (χ4v) is 3.29. The molecule has 1 aliphatic carbocycles. The molecule has 2 amide bonds. The lowest BCUT2D eigenvalue weighted by molar-refractivity contribution is 0.0642. The molecule has 0 spiro atoms. The van der Waals surface area contributed by atoms with Gasteiger partial charge in [-0.3, -0.25) is 14.5 Å². The van der Waals surface area contributed by atoms with Crippen molar-refractivity contribution >= 4 is 11.8 Å². The number of hydrogen-bond acceptors (Lipinski definition) is 2. The monoisotopic (exact) mass is 277 g/mol. The predicted octanol–water partition coefficient (Wildman–Crippen LogP) is 2.97. The first-order valence-electron chi connectivity index (χ1n) is 7.30. The summed E-state index contributed by atoms with van der Waals surface area (Å²) in [4.78, 5) is 26.0. The maximum Gasteiger partial charge on any atom is 0.261 e. The summed E-state index contributed by atoms with van der Waals surface area (Å²) in [7, 11) is 0. The fraction of sp³-hybridized carbons (Fsp3) is 0.222. The van der Waals surface area contributed by atoms with Gasteiger partial charge in [-0.1, -0.05) is 30.3 Å². The maximum atomic E-state index is 12.4. The fourth-order valence-electron chi connectivity index (χ4n) is 3.29. The van der Waals surface area contributed by atoms with Crippen LogP contribution >= 0.6 is 0 Å². The predicted molar refractivity (Wildman–Crippen MR) is 79.1 cm³/mol. The van der Waals surface area contributed by atoms with Crippen molar-refractivity contribution in [2.75, 3.05) is 0 Å². The molecule has 0 N–H and O–H groups in total. The molecule has 2 aliphatic rings. The quantitative estimate of drug-likeness (QED) is 0.791. The topological polar surface area (TPSA) is 37.4 Å². The Morgan fingerprint density at radius 2 is 1.52 bits per heavy atom. The van der Waals surface area contributed by atoms with Gasteiger partial charge in [0, 0.05) is 0 Å². The Morgan fingerprint density at radius 3 is 2.24 bits per heavy atom. The summed E-state index contributed by atoms with van der Waals surface area (Å²) in [6, 6.07) is 13.3. The van der Waals surface area contributed by atoms with Crippen molar-refractivity contribution in [2.24, 2.45) is 0 Å². The van der Waals surface area contributed by atoms with Crippen molar-refractivity contribution in [3.05, 3.63) is 70.3 Å². The molecule has 1 aliphatic heterocycles. The van der Waals surface area contributed by atoms with Crippen molar-refractivity contribution in [2.45, 2.75) is 25.8 Å². The zero-order valence-electron chi connectivity index (χ0n) is 11.6. The summed E-state index contributed by atoms with van der Waals surface area (Å²) in [5, 5.41) is 0. The van der Waals surface area contributed by atoms with Gasteiger partial charge in [0.05, 0.1) is 17.7 Å². The normalized spacial score (nSPS) is 16.3. The highest BCUT2D eigenvalue weighted by atomic mass is 16.2. The van der Waals surface area contributed by atoms with Crippen LogP contribution in [0.25, 0.3) is 0 Å². The van der Waals surface area contributed by atoms with E-state index >= 15 is 0 Å². The molecular weight excluding hydrogens is 262 g/mol. The van der Waals surface area contributed by atoms with Gasteiger partial charge >= 0.3 is 0 Å². The number of hydrogen-bond donors (Lipinski definition) is 0. The van der Waals surface area contributed by atoms with Crippen LogP contribution in [0.15, 0.2) is 42.5 Å². The number of aryl methyl sites for hydroxylation is 2. The van der Waals surface area contributed by atoms with E-state index in [1.54, 1.807) is 24.3 Å². The van der Waals surface area contributed by atoms with Crippen molar-refractivity contribution in [1.82, 2.24) is 4.90 Å². The molecule has 0 radical (unpaired) electrons. The first-order chi connectivity index (χ1) is 10.2. The van der Waals surface area contributed by atoms with Gasteiger partial charge in [0.15, 0.2) is 0 Å². The standard InChI is InChI=1S/C18H15NO2/c20-17-15-6-1-2-7-16(15)18(21)19(17)11-12-8-9-13-4-3-5-14(13)10-12/h1-2,6-10H,3-5,11H2. The van der Waals surface area contributed by atoms with Crippen molar-refractivity contribution < 1.29 is 9.59 Å². The van der Waals surface area contributed by atoms with Crippen molar-refractivity contribution in [3.63, 3.8) is 0 Å². The van der Waals surface area contributed by atoms with E-state index in [0.29, 0.717) is 17.7 Å². The molecule has 3 heteroatoms. The molecule has 2 aromatic rings. The van der Waals surface area contributed by atoms with Crippen LogP contribution < -0.4 is 0 Å². The molecule has 21 heavy (non-hydrogen) atoms. The SMILES string of the molecule is O=C1c2ccccc2C(=O)N1Cc1ccc2c(c1)CCC2. The summed E-state index contributed by atoms with van der Waals surface area (Å²) in [5.74, 6) is -0.368. The lowest BCUT2D eigenvalue weighted by atomic mass is 10.1. The zero-order chi connectivity index (χ0) is 14.4. The molecule has 0 bridgehead atoms. The number of rotatable bonds is 2. The van der Waals surface area contributed by atoms with E-state index in [1.165, 1.54) is 22.4 Å². The van der Waals surface area contributed by atoms with Crippen LogP contribution in [0.3, 0.4) is 0 Å². The highest BCUT2D eigenvalue weighted by Gasteiger charge is 2.35. The number of carbonyl (C=O) groups is 2. The van der Waals surface area contributed by atoms with E-state index in [1.807, 2.05) is 6.07 Å². The Morgan fingerprint density at radius 1 is 0.857 bits per heavy atom. The summed E-state index contributed by atoms with van der Waals surface area (Å²) >= 11 is 0. The second-order valence-corrected chi connectivity index (χ2v) is 5.70. The van der Waals surface area contributed by atoms with Gasteiger partial charge in [-0.05, 0) is 48.1 Å². The third-order valence-electron chi connectivity index (χ3n) is 4.38. The van der Waals surface area contributed by atoms with Crippen LogP contribution in [0.5, 0.6) is 0 Å². The minimum atomic E-state index is -0.184. The zero-order valence-corrected chi connectivity index (χ0v) is 11.6. The Balaban J connectivity index is 1.64. The van der Waals surface area contributed by atoms with Crippen LogP contribution in [0.4, 0.5) is 0 Å². The Bertz CT molecular complexity index is 729. The Labute approximate surface area is 123 Å². The Hall–Kier alpha value is -2.42. The summed E-state index contributed by atoms with van der Waals surface area (Å²) in [5.41, 5.74) is 4.84. The second kappa shape index (κ2) is 4.55. The first-order valence-corrected chi connectivity index (χ1v) is 7.30. The summed E-state index contributed by atoms with van der Waals surface area (Å²) < 4.78 is 0. The van der Waals surface area contributed by atoms with Gasteiger partial charge in [-0.25, -0.2) is 0 Å². The number of nitrogens with zero attached hydrogens (tertiary/aromatic N) is 1. The van der Waals surface area contributed by atoms with E-state index in [9.17, 15) is 9.59 Å². The molecule has 4 rings (SSSR count). The number of carbonyl (C=O) groups excluding carboxylic acids is 2. The van der Waals surface area contributed by atoms with E-state index in [4.69, 9.17) is 0 Å². The molecule has 0 saturated carbocycles. The highest BCUT2D eigenvalue weighted by Crippen LogP contribution is 2.27. The third-order valence-corrected chi connectivity index (χ3v) is 4.38. The molecule has 0 atom stereocenters. The molecular formula is C18H15NO2. The largest absolute Gasteiger partial charge is 0.270 e. The average molecular weight is 277 g/mol. The lowest BCUT2D eigenvalue weighted by Crippen LogP contribution is -2.29. The van der Waals surface area contributed by atoms with Crippen molar-refractivity contribution in [3.8, 4) is 0 Å². The van der Waals surface area contributed by atoms with Gasteiger partial charge in [-0.15, -0.1) is 0 Å². The number of imide groups is 1. The van der Waals surface area contributed by atoms with Crippen LogP contribution in [0.1, 0.15) is 43.8 Å². The molecule has 104 valence electrons. The smallest absolute Gasteiger partial charge is 0.261 e. The van der Waals surface area contributed by atoms with E-state index in [-0.39, 0.29) is 11.8 Å². The van der Waals surface area contributed by atoms with Gasteiger partial charge in [-0.2, -0.15) is 0 Å². The first kappa shape index (κ1) is 12.3. The third kappa shape index (κ3) is 1.88. The van der Waals surface area contributed by atoms with E-state index < -0.39 is 0 Å². The molecule has 0 aromatic heterocycles. The molecule has 3 nitrogen and oxygen atoms in total. The second-order valence-electron chi connectivity index (χ2n) is 5.70. The van der Waals surface area contributed by atoms with E-state index in [2.05, 4.69) is 12.1 Å². The summed E-state index contributed by atoms with van der Waals surface area (Å²) in [6.07, 6.45) is 3.44. The minimum absolute atomic E-state index is 0.184. The number of fused-ring (bicyclic) bond motifs is 2. The highest BCUT2D eigenvalue weighted by molar-refractivity contribution is 6.21. The molecule has 0 unspecified atom stereocenters. The molecule has 2 aromatic carbocycles. The van der Waals surface area contributed by atoms with Gasteiger partial charge in [0.25, 0.3) is 11.8 Å². The number of amides is 2. The van der Waals surface area contributed by atoms with Gasteiger partial charge in [0.2, 0.25) is 0 Å². The van der Waals surface area contributed by atoms with Crippen molar-refractivity contribution in [1.29, 1.82) is 0 Å². The maximum absolute atomic E-state index is 12.4. The van der Waals surface area contributed by atoms with Gasteiger partial charge in [0.1, 0.15) is 0 Å². The van der Waals surface area contributed by atoms with Crippen LogP contribution in [0, 0.1) is 0 Å². The summed E-state index contributed by atoms with van der Waals surface area (Å²) in [6.45, 7) is 0.361. The van der Waals surface area contributed by atoms with E-state index in [0.717, 1.165) is 18.4 Å². The average Bonchev–Trinajstić information content (AvgIpc) is 3.06. The molecule has 1 heterocycles. The lowest BCUT2D eigenvalue weighted by Gasteiger charge is -2.14. The Kier molecular flexibility index (Phi) is 2.67. The van der Waals surface area contributed by atoms with Crippen LogP contribution in [-0.2, 0) is 19.4 Å². The number of benzene rings is 2. The van der Waals surface area contributed by atoms with Crippen LogP contribution in [0.2, 0.25) is 0 Å². The van der Waals surface area contributed by atoms with Crippen LogP contribution in [-0.4, -0.2) is 16.7 Å². The molecule has 0 saturated heterocycles. The van der Waals surface area contributed by atoms with Gasteiger partial charge < -0.3 is 0 Å².